The topological polar surface area (TPSA) is 22.8 Å². The molecule has 0 radical (unpaired) electrons. The maximum atomic E-state index is 4.77. The summed E-state index contributed by atoms with van der Waals surface area (Å²) in [5.41, 5.74) is 5.85. The van der Waals surface area contributed by atoms with Gasteiger partial charge in [0.25, 0.3) is 0 Å². The van der Waals surface area contributed by atoms with Gasteiger partial charge in [0.2, 0.25) is 0 Å². The third-order valence-electron chi connectivity index (χ3n) is 7.40. The van der Waals surface area contributed by atoms with E-state index in [4.69, 9.17) is 4.98 Å². The molecule has 37 heavy (non-hydrogen) atoms. The van der Waals surface area contributed by atoms with Gasteiger partial charge in [-0.2, -0.15) is 0 Å². The smallest absolute Gasteiger partial charge is 0.137 e. The Kier molecular flexibility index (Phi) is 4.37. The Labute approximate surface area is 221 Å². The highest BCUT2D eigenvalue weighted by atomic mass is 79.9. The van der Waals surface area contributed by atoms with Crippen LogP contribution in [0.15, 0.2) is 126 Å². The van der Waals surface area contributed by atoms with Crippen LogP contribution in [0.25, 0.3) is 65.9 Å². The van der Waals surface area contributed by atoms with Crippen LogP contribution in [0, 0.1) is 0 Å². The zero-order chi connectivity index (χ0) is 24.5. The lowest BCUT2D eigenvalue weighted by molar-refractivity contribution is 1.08. The molecule has 0 saturated heterocycles. The van der Waals surface area contributed by atoms with Gasteiger partial charge >= 0.3 is 0 Å². The first-order chi connectivity index (χ1) is 18.3. The summed E-state index contributed by atoms with van der Waals surface area (Å²) in [6, 6.07) is 41.3. The molecule has 0 aliphatic heterocycles. The quantitative estimate of drug-likeness (QED) is 0.215. The summed E-state index contributed by atoms with van der Waals surface area (Å²) in [4.78, 5) is 4.77. The number of fused-ring (bicyclic) bond motifs is 8. The molecule has 0 fully saturated rings. The predicted molar refractivity (Wildman–Crippen MR) is 158 cm³/mol. The summed E-state index contributed by atoms with van der Waals surface area (Å²) in [5, 5.41) is 7.53. The van der Waals surface area contributed by atoms with Crippen molar-refractivity contribution in [3.8, 4) is 11.5 Å². The van der Waals surface area contributed by atoms with Crippen LogP contribution >= 0.6 is 15.9 Å². The van der Waals surface area contributed by atoms with Gasteiger partial charge in [-0.05, 0) is 75.2 Å². The van der Waals surface area contributed by atoms with Crippen molar-refractivity contribution in [2.24, 2.45) is 0 Å². The molecule has 8 aromatic rings. The Balaban J connectivity index is 1.62. The van der Waals surface area contributed by atoms with E-state index < -0.39 is 0 Å². The minimum atomic E-state index is 0.904. The van der Waals surface area contributed by atoms with Gasteiger partial charge in [-0.25, -0.2) is 4.98 Å². The van der Waals surface area contributed by atoms with Crippen LogP contribution in [-0.4, -0.2) is 14.1 Å². The van der Waals surface area contributed by atoms with E-state index in [1.165, 1.54) is 43.4 Å². The lowest BCUT2D eigenvalue weighted by Gasteiger charge is -2.09. The van der Waals surface area contributed by atoms with Gasteiger partial charge in [0.15, 0.2) is 0 Å². The zero-order valence-electron chi connectivity index (χ0n) is 19.8. The van der Waals surface area contributed by atoms with Crippen LogP contribution < -0.4 is 0 Å². The van der Waals surface area contributed by atoms with Crippen LogP contribution in [0.2, 0.25) is 0 Å². The first-order valence-electron chi connectivity index (χ1n) is 12.3. The molecule has 174 valence electrons. The van der Waals surface area contributed by atoms with Gasteiger partial charge in [-0.1, -0.05) is 66.7 Å². The van der Waals surface area contributed by atoms with Gasteiger partial charge in [-0.15, -0.1) is 0 Å². The molecule has 0 amide bonds. The number of hydrogen-bond donors (Lipinski definition) is 0. The number of halogens is 1. The molecule has 8 rings (SSSR count). The predicted octanol–water partition coefficient (Wildman–Crippen LogP) is 9.19. The fourth-order valence-electron chi connectivity index (χ4n) is 5.85. The van der Waals surface area contributed by atoms with Crippen molar-refractivity contribution in [1.29, 1.82) is 0 Å². The SMILES string of the molecule is Brc1ccc(-n2c3ccccc3c3cc4c5c6ccccc6ccc5n(-c5ccccc5)c4cc32)nc1. The van der Waals surface area contributed by atoms with Gasteiger partial charge in [0.05, 0.1) is 22.1 Å². The first kappa shape index (κ1) is 20.7. The molecular weight excluding hydrogens is 518 g/mol. The number of rotatable bonds is 2. The van der Waals surface area contributed by atoms with Crippen LogP contribution in [0.5, 0.6) is 0 Å². The van der Waals surface area contributed by atoms with Gasteiger partial charge in [0.1, 0.15) is 5.82 Å². The summed E-state index contributed by atoms with van der Waals surface area (Å²) >= 11 is 3.54. The highest BCUT2D eigenvalue weighted by molar-refractivity contribution is 9.10. The maximum absolute atomic E-state index is 4.77. The second kappa shape index (κ2) is 7.79. The minimum absolute atomic E-state index is 0.904. The minimum Gasteiger partial charge on any atom is -0.309 e. The molecule has 0 atom stereocenters. The fourth-order valence-corrected chi connectivity index (χ4v) is 6.09. The Morgan fingerprint density at radius 3 is 2.11 bits per heavy atom. The monoisotopic (exact) mass is 537 g/mol. The molecular formula is C33H20BrN3. The summed E-state index contributed by atoms with van der Waals surface area (Å²) in [5.74, 6) is 0.904. The average Bonchev–Trinajstić information content (AvgIpc) is 3.45. The summed E-state index contributed by atoms with van der Waals surface area (Å²) in [7, 11) is 0. The molecule has 0 saturated carbocycles. The maximum Gasteiger partial charge on any atom is 0.137 e. The van der Waals surface area contributed by atoms with E-state index in [0.29, 0.717) is 0 Å². The fraction of sp³-hybridized carbons (Fsp3) is 0. The van der Waals surface area contributed by atoms with Crippen molar-refractivity contribution in [2.45, 2.75) is 0 Å². The normalized spacial score (nSPS) is 11.9. The van der Waals surface area contributed by atoms with E-state index in [-0.39, 0.29) is 0 Å². The van der Waals surface area contributed by atoms with Crippen molar-refractivity contribution in [2.75, 3.05) is 0 Å². The van der Waals surface area contributed by atoms with Gasteiger partial charge in [0, 0.05) is 37.9 Å². The van der Waals surface area contributed by atoms with Crippen molar-refractivity contribution >= 4 is 70.3 Å². The second-order valence-corrected chi connectivity index (χ2v) is 10.3. The number of hydrogen-bond acceptors (Lipinski definition) is 1. The molecule has 0 aliphatic rings. The molecule has 3 nitrogen and oxygen atoms in total. The van der Waals surface area contributed by atoms with Crippen molar-refractivity contribution in [1.82, 2.24) is 14.1 Å². The summed E-state index contributed by atoms with van der Waals surface area (Å²) in [6.07, 6.45) is 1.86. The molecule has 5 aromatic carbocycles. The van der Waals surface area contributed by atoms with Crippen molar-refractivity contribution < 1.29 is 0 Å². The Hall–Kier alpha value is -4.41. The Morgan fingerprint density at radius 2 is 1.27 bits per heavy atom. The molecule has 4 heteroatoms. The number of pyridine rings is 1. The van der Waals surface area contributed by atoms with E-state index in [9.17, 15) is 0 Å². The zero-order valence-corrected chi connectivity index (χ0v) is 21.4. The number of benzene rings is 5. The standard InChI is InChI=1S/C33H20BrN3/c34-22-15-17-32(35-20-22)37-28-13-7-6-12-25(28)26-18-27-31(19-30(26)37)36(23-9-2-1-3-10-23)29-16-14-21-8-4-5-11-24(21)33(27)29/h1-20H. The largest absolute Gasteiger partial charge is 0.309 e. The van der Waals surface area contributed by atoms with E-state index in [0.717, 1.165) is 27.0 Å². The van der Waals surface area contributed by atoms with Crippen LogP contribution in [0.4, 0.5) is 0 Å². The molecule has 0 bridgehead atoms. The van der Waals surface area contributed by atoms with Crippen LogP contribution in [0.1, 0.15) is 0 Å². The lowest BCUT2D eigenvalue weighted by Crippen LogP contribution is -1.97. The summed E-state index contributed by atoms with van der Waals surface area (Å²) < 4.78 is 5.64. The lowest BCUT2D eigenvalue weighted by atomic mass is 10.0. The first-order valence-corrected chi connectivity index (χ1v) is 13.1. The second-order valence-electron chi connectivity index (χ2n) is 9.43. The Bertz CT molecular complexity index is 2140. The molecule has 0 N–H and O–H groups in total. The van der Waals surface area contributed by atoms with E-state index in [1.54, 1.807) is 0 Å². The van der Waals surface area contributed by atoms with Crippen LogP contribution in [0.3, 0.4) is 0 Å². The molecule has 3 aromatic heterocycles. The number of nitrogens with zero attached hydrogens (tertiary/aromatic N) is 3. The summed E-state index contributed by atoms with van der Waals surface area (Å²) in [6.45, 7) is 0. The molecule has 0 spiro atoms. The molecule has 3 heterocycles. The third-order valence-corrected chi connectivity index (χ3v) is 7.87. The number of para-hydroxylation sites is 2. The highest BCUT2D eigenvalue weighted by Gasteiger charge is 2.19. The van der Waals surface area contributed by atoms with E-state index >= 15 is 0 Å². The van der Waals surface area contributed by atoms with Crippen molar-refractivity contribution in [3.63, 3.8) is 0 Å². The van der Waals surface area contributed by atoms with Crippen molar-refractivity contribution in [3.05, 3.63) is 126 Å². The average molecular weight is 538 g/mol. The number of aromatic nitrogens is 3. The van der Waals surface area contributed by atoms with E-state index in [2.05, 4.69) is 140 Å². The Morgan fingerprint density at radius 1 is 0.514 bits per heavy atom. The third kappa shape index (κ3) is 2.96. The van der Waals surface area contributed by atoms with Gasteiger partial charge < -0.3 is 4.57 Å². The molecule has 0 unspecified atom stereocenters. The highest BCUT2D eigenvalue weighted by Crippen LogP contribution is 2.41. The van der Waals surface area contributed by atoms with E-state index in [1.807, 2.05) is 6.20 Å². The van der Waals surface area contributed by atoms with Gasteiger partial charge in [-0.3, -0.25) is 4.57 Å². The molecule has 0 aliphatic carbocycles. The van der Waals surface area contributed by atoms with Crippen LogP contribution in [-0.2, 0) is 0 Å².